The lowest BCUT2D eigenvalue weighted by molar-refractivity contribution is -0.115. The number of amides is 2. The highest BCUT2D eigenvalue weighted by Gasteiger charge is 2.12. The van der Waals surface area contributed by atoms with Crippen molar-refractivity contribution in [1.82, 2.24) is 5.32 Å². The third-order valence-corrected chi connectivity index (χ3v) is 3.75. The normalized spacial score (nSPS) is 10.1. The molecule has 0 aliphatic carbocycles. The number of carbonyl (C=O) groups is 2. The van der Waals surface area contributed by atoms with Gasteiger partial charge in [-0.25, -0.2) is 0 Å². The zero-order valence-electron chi connectivity index (χ0n) is 13.1. The highest BCUT2D eigenvalue weighted by molar-refractivity contribution is 9.10. The van der Waals surface area contributed by atoms with Crippen LogP contribution in [0.4, 0.5) is 11.4 Å². The highest BCUT2D eigenvalue weighted by atomic mass is 79.9. The Labute approximate surface area is 153 Å². The molecular weight excluding hydrogens is 394 g/mol. The number of halogens is 1. The lowest BCUT2D eigenvalue weighted by atomic mass is 10.1. The maximum atomic E-state index is 12.0. The average molecular weight is 410 g/mol. The molecule has 126 valence electrons. The van der Waals surface area contributed by atoms with Gasteiger partial charge in [-0.1, -0.05) is 13.0 Å². The third-order valence-electron chi connectivity index (χ3n) is 3.11. The van der Waals surface area contributed by atoms with Crippen molar-refractivity contribution in [3.8, 4) is 0 Å². The Morgan fingerprint density at radius 1 is 1.21 bits per heavy atom. The molecule has 6 nitrogen and oxygen atoms in total. The Morgan fingerprint density at radius 3 is 2.58 bits per heavy atom. The van der Waals surface area contributed by atoms with E-state index in [-0.39, 0.29) is 16.8 Å². The first-order valence-electron chi connectivity index (χ1n) is 7.17. The molecule has 0 spiro atoms. The van der Waals surface area contributed by atoms with Gasteiger partial charge in [0.2, 0.25) is 5.91 Å². The fourth-order valence-corrected chi connectivity index (χ4v) is 2.35. The molecule has 0 saturated carbocycles. The van der Waals surface area contributed by atoms with E-state index >= 15 is 0 Å². The van der Waals surface area contributed by atoms with Gasteiger partial charge in [-0.2, -0.15) is 0 Å². The molecule has 0 radical (unpaired) electrons. The van der Waals surface area contributed by atoms with Gasteiger partial charge >= 0.3 is 0 Å². The van der Waals surface area contributed by atoms with Crippen LogP contribution in [-0.2, 0) is 4.79 Å². The van der Waals surface area contributed by atoms with Crippen LogP contribution in [0.15, 0.2) is 39.4 Å². The lowest BCUT2D eigenvalue weighted by Crippen LogP contribution is -2.33. The minimum absolute atomic E-state index is 0.0745. The molecular formula is C16H16BrN3O3S. The van der Waals surface area contributed by atoms with E-state index in [1.54, 1.807) is 25.1 Å². The van der Waals surface area contributed by atoms with Gasteiger partial charge in [0.15, 0.2) is 15.5 Å². The smallest absolute Gasteiger partial charge is 0.293 e. The molecule has 0 unspecified atom stereocenters. The number of aryl methyl sites for hydroxylation is 1. The maximum absolute atomic E-state index is 12.0. The van der Waals surface area contributed by atoms with Crippen molar-refractivity contribution in [2.24, 2.45) is 0 Å². The molecule has 3 N–H and O–H groups in total. The Balaban J connectivity index is 2.02. The van der Waals surface area contributed by atoms with Crippen LogP contribution >= 0.6 is 28.1 Å². The van der Waals surface area contributed by atoms with Gasteiger partial charge in [0.25, 0.3) is 5.91 Å². The summed E-state index contributed by atoms with van der Waals surface area (Å²) in [6.07, 6.45) is 0.393. The molecule has 0 saturated heterocycles. The van der Waals surface area contributed by atoms with Crippen LogP contribution < -0.4 is 16.0 Å². The first-order chi connectivity index (χ1) is 11.4. The van der Waals surface area contributed by atoms with Crippen LogP contribution in [0.25, 0.3) is 0 Å². The largest absolute Gasteiger partial charge is 0.444 e. The van der Waals surface area contributed by atoms with E-state index in [0.29, 0.717) is 22.5 Å². The summed E-state index contributed by atoms with van der Waals surface area (Å²) in [4.78, 5) is 23.5. The molecule has 1 aromatic carbocycles. The number of hydrogen-bond acceptors (Lipinski definition) is 4. The second-order valence-electron chi connectivity index (χ2n) is 4.94. The Bertz CT molecular complexity index is 789. The minimum atomic E-state index is -0.454. The summed E-state index contributed by atoms with van der Waals surface area (Å²) < 4.78 is 5.62. The summed E-state index contributed by atoms with van der Waals surface area (Å²) in [6, 6.07) is 8.56. The summed E-state index contributed by atoms with van der Waals surface area (Å²) in [6.45, 7) is 3.67. The average Bonchev–Trinajstić information content (AvgIpc) is 2.97. The van der Waals surface area contributed by atoms with Gasteiger partial charge < -0.3 is 15.1 Å². The van der Waals surface area contributed by atoms with Crippen LogP contribution in [0.1, 0.15) is 29.5 Å². The number of furan rings is 1. The van der Waals surface area contributed by atoms with Crippen molar-refractivity contribution < 1.29 is 14.0 Å². The van der Waals surface area contributed by atoms with Gasteiger partial charge in [0.05, 0.1) is 0 Å². The zero-order valence-corrected chi connectivity index (χ0v) is 15.5. The summed E-state index contributed by atoms with van der Waals surface area (Å²) >= 11 is 8.25. The van der Waals surface area contributed by atoms with Gasteiger partial charge in [-0.3, -0.25) is 14.9 Å². The highest BCUT2D eigenvalue weighted by Crippen LogP contribution is 2.20. The molecule has 2 amide bonds. The molecule has 2 aromatic rings. The van der Waals surface area contributed by atoms with Crippen LogP contribution in [0.2, 0.25) is 0 Å². The molecule has 0 aliphatic heterocycles. The molecule has 0 fully saturated rings. The minimum Gasteiger partial charge on any atom is -0.444 e. The van der Waals surface area contributed by atoms with Crippen molar-refractivity contribution in [1.29, 1.82) is 0 Å². The number of hydrogen-bond donors (Lipinski definition) is 3. The molecule has 1 aromatic heterocycles. The fraction of sp³-hybridized carbons (Fsp3) is 0.188. The number of carbonyl (C=O) groups excluding carboxylic acids is 2. The second-order valence-corrected chi connectivity index (χ2v) is 6.13. The first kappa shape index (κ1) is 18.2. The Morgan fingerprint density at radius 2 is 1.96 bits per heavy atom. The van der Waals surface area contributed by atoms with Crippen molar-refractivity contribution in [3.63, 3.8) is 0 Å². The number of thiocarbonyl (C=S) groups is 1. The monoisotopic (exact) mass is 409 g/mol. The molecule has 0 aliphatic rings. The maximum Gasteiger partial charge on any atom is 0.293 e. The van der Waals surface area contributed by atoms with Crippen LogP contribution in [0, 0.1) is 6.92 Å². The molecule has 0 atom stereocenters. The lowest BCUT2D eigenvalue weighted by Gasteiger charge is -2.12. The van der Waals surface area contributed by atoms with Gasteiger partial charge in [-0.15, -0.1) is 0 Å². The van der Waals surface area contributed by atoms with Crippen LogP contribution in [-0.4, -0.2) is 16.9 Å². The van der Waals surface area contributed by atoms with E-state index in [0.717, 1.165) is 5.56 Å². The third kappa shape index (κ3) is 4.90. The van der Waals surface area contributed by atoms with Crippen LogP contribution in [0.3, 0.4) is 0 Å². The van der Waals surface area contributed by atoms with Crippen molar-refractivity contribution >= 4 is 56.4 Å². The van der Waals surface area contributed by atoms with Gasteiger partial charge in [-0.05, 0) is 64.9 Å². The summed E-state index contributed by atoms with van der Waals surface area (Å²) in [5.41, 5.74) is 2.27. The van der Waals surface area contributed by atoms with Crippen molar-refractivity contribution in [3.05, 3.63) is 46.3 Å². The van der Waals surface area contributed by atoms with E-state index in [1.807, 2.05) is 13.0 Å². The van der Waals surface area contributed by atoms with E-state index in [2.05, 4.69) is 31.9 Å². The molecule has 0 bridgehead atoms. The molecule has 8 heteroatoms. The molecule has 1 heterocycles. The Hall–Kier alpha value is -2.19. The summed E-state index contributed by atoms with van der Waals surface area (Å²) in [7, 11) is 0. The number of rotatable bonds is 4. The zero-order chi connectivity index (χ0) is 17.7. The number of nitrogens with one attached hydrogen (secondary N) is 3. The molecule has 24 heavy (non-hydrogen) atoms. The standard InChI is InChI=1S/C16H16BrN3O3S/c1-3-14(21)19-11-8-10(5-4-9(11)2)18-16(24)20-15(22)12-6-7-13(17)23-12/h4-8H,3H2,1-2H3,(H,19,21)(H2,18,20,22,24). The predicted molar refractivity (Wildman–Crippen MR) is 100 cm³/mol. The predicted octanol–water partition coefficient (Wildman–Crippen LogP) is 3.83. The van der Waals surface area contributed by atoms with Gasteiger partial charge in [0.1, 0.15) is 0 Å². The van der Waals surface area contributed by atoms with E-state index in [9.17, 15) is 9.59 Å². The summed E-state index contributed by atoms with van der Waals surface area (Å²) in [5, 5.41) is 8.37. The van der Waals surface area contributed by atoms with Crippen LogP contribution in [0.5, 0.6) is 0 Å². The van der Waals surface area contributed by atoms with Crippen molar-refractivity contribution in [2.45, 2.75) is 20.3 Å². The molecule has 2 rings (SSSR count). The first-order valence-corrected chi connectivity index (χ1v) is 8.37. The van der Waals surface area contributed by atoms with E-state index < -0.39 is 5.91 Å². The van der Waals surface area contributed by atoms with E-state index in [4.69, 9.17) is 16.6 Å². The topological polar surface area (TPSA) is 83.4 Å². The number of anilines is 2. The number of benzene rings is 1. The Kier molecular flexibility index (Phi) is 6.10. The van der Waals surface area contributed by atoms with Gasteiger partial charge in [0, 0.05) is 17.8 Å². The van der Waals surface area contributed by atoms with Crippen molar-refractivity contribution in [2.75, 3.05) is 10.6 Å². The fourth-order valence-electron chi connectivity index (χ4n) is 1.84. The van der Waals surface area contributed by atoms with E-state index in [1.165, 1.54) is 6.07 Å². The second kappa shape index (κ2) is 8.07. The summed E-state index contributed by atoms with van der Waals surface area (Å²) in [5.74, 6) is -0.384. The SMILES string of the molecule is CCC(=O)Nc1cc(NC(=S)NC(=O)c2ccc(Br)o2)ccc1C. The quantitative estimate of drug-likeness (QED) is 0.668.